The summed E-state index contributed by atoms with van der Waals surface area (Å²) in [4.78, 5) is 0.729. The zero-order chi connectivity index (χ0) is 20.7. The van der Waals surface area contributed by atoms with Gasteiger partial charge >= 0.3 is 0 Å². The molecule has 0 unspecified atom stereocenters. The summed E-state index contributed by atoms with van der Waals surface area (Å²) in [6, 6.07) is 14.0. The maximum atomic E-state index is 13.5. The second-order valence-corrected chi connectivity index (χ2v) is 9.50. The zero-order valence-corrected chi connectivity index (χ0v) is 17.3. The molecule has 152 valence electrons. The number of anilines is 1. The molecule has 0 saturated carbocycles. The van der Waals surface area contributed by atoms with E-state index in [0.717, 1.165) is 11.1 Å². The Morgan fingerprint density at radius 2 is 1.67 bits per heavy atom. The Kier molecular flexibility index (Phi) is 4.53. The highest BCUT2D eigenvalue weighted by molar-refractivity contribution is 7.92. The number of thiophene rings is 1. The van der Waals surface area contributed by atoms with Crippen molar-refractivity contribution in [3.8, 4) is 34.4 Å². The highest BCUT2D eigenvalue weighted by Crippen LogP contribution is 2.40. The molecule has 0 amide bonds. The number of benzene rings is 2. The quantitative estimate of drug-likeness (QED) is 0.618. The van der Waals surface area contributed by atoms with E-state index in [1.165, 1.54) is 27.8 Å². The van der Waals surface area contributed by atoms with Gasteiger partial charge in [0.2, 0.25) is 0 Å². The topological polar surface area (TPSA) is 88.9 Å². The van der Waals surface area contributed by atoms with Crippen molar-refractivity contribution in [2.75, 3.05) is 30.7 Å². The molecule has 30 heavy (non-hydrogen) atoms. The Bertz CT molecular complexity index is 1280. The fourth-order valence-corrected chi connectivity index (χ4v) is 5.65. The highest BCUT2D eigenvalue weighted by atomic mass is 32.2. The maximum absolute atomic E-state index is 13.5. The van der Waals surface area contributed by atoms with E-state index < -0.39 is 10.0 Å². The number of hydrogen-bond acceptors (Lipinski definition) is 7. The molecule has 2 aliphatic heterocycles. The third-order valence-electron chi connectivity index (χ3n) is 4.92. The van der Waals surface area contributed by atoms with E-state index in [1.54, 1.807) is 24.3 Å². The summed E-state index contributed by atoms with van der Waals surface area (Å²) in [5, 5.41) is 11.0. The summed E-state index contributed by atoms with van der Waals surface area (Å²) < 4.78 is 45.0. The molecule has 0 bridgehead atoms. The van der Waals surface area contributed by atoms with Gasteiger partial charge in [0.1, 0.15) is 36.5 Å². The number of rotatable bonds is 3. The van der Waals surface area contributed by atoms with Crippen LogP contribution in [0.1, 0.15) is 4.88 Å². The smallest absolute Gasteiger partial charge is 0.264 e. The molecule has 3 heterocycles. The second kappa shape index (κ2) is 7.23. The first-order valence-corrected chi connectivity index (χ1v) is 11.6. The molecule has 2 aromatic carbocycles. The summed E-state index contributed by atoms with van der Waals surface area (Å²) in [5.41, 5.74) is 2.15. The molecule has 0 fully saturated rings. The van der Waals surface area contributed by atoms with Crippen LogP contribution < -0.4 is 18.5 Å². The summed E-state index contributed by atoms with van der Waals surface area (Å²) in [5.74, 6) is 1.46. The number of nitriles is 1. The third kappa shape index (κ3) is 3.14. The van der Waals surface area contributed by atoms with E-state index in [4.69, 9.17) is 19.5 Å². The minimum absolute atomic E-state index is 0.132. The SMILES string of the molecule is N#Cc1cc(-c2ccc3c(c2)N(S(=O)(=O)c2ccc4c(c2)OCCO4)CCO3)cs1. The predicted molar refractivity (Wildman–Crippen MR) is 112 cm³/mol. The van der Waals surface area contributed by atoms with E-state index in [9.17, 15) is 8.42 Å². The van der Waals surface area contributed by atoms with Gasteiger partial charge in [0, 0.05) is 6.07 Å². The summed E-state index contributed by atoms with van der Waals surface area (Å²) >= 11 is 1.35. The Hall–Kier alpha value is -3.22. The van der Waals surface area contributed by atoms with Crippen molar-refractivity contribution in [2.45, 2.75) is 4.90 Å². The molecule has 0 aliphatic carbocycles. The largest absolute Gasteiger partial charge is 0.489 e. The van der Waals surface area contributed by atoms with Gasteiger partial charge in [-0.05, 0) is 46.8 Å². The molecule has 3 aromatic rings. The summed E-state index contributed by atoms with van der Waals surface area (Å²) in [7, 11) is -3.84. The van der Waals surface area contributed by atoms with Crippen LogP contribution in [0.5, 0.6) is 17.2 Å². The van der Waals surface area contributed by atoms with E-state index in [0.29, 0.717) is 41.0 Å². The van der Waals surface area contributed by atoms with Gasteiger partial charge < -0.3 is 14.2 Å². The van der Waals surface area contributed by atoms with E-state index in [-0.39, 0.29) is 18.0 Å². The standard InChI is InChI=1S/C21H16N2O5S2/c22-12-16-9-15(13-29-16)14-1-3-19-18(10-14)23(5-6-26-19)30(24,25)17-2-4-20-21(11-17)28-8-7-27-20/h1-4,9-11,13H,5-8H2. The molecule has 0 saturated heterocycles. The van der Waals surface area contributed by atoms with Crippen molar-refractivity contribution < 1.29 is 22.6 Å². The van der Waals surface area contributed by atoms with Gasteiger partial charge in [0.15, 0.2) is 11.5 Å². The first-order valence-electron chi connectivity index (χ1n) is 9.24. The van der Waals surface area contributed by atoms with Crippen molar-refractivity contribution >= 4 is 27.0 Å². The first kappa shape index (κ1) is 18.8. The number of sulfonamides is 1. The van der Waals surface area contributed by atoms with Gasteiger partial charge in [-0.3, -0.25) is 4.31 Å². The average molecular weight is 441 g/mol. The number of nitrogens with zero attached hydrogens (tertiary/aromatic N) is 2. The van der Waals surface area contributed by atoms with Crippen LogP contribution in [0.3, 0.4) is 0 Å². The predicted octanol–water partition coefficient (Wildman–Crippen LogP) is 3.65. The Balaban J connectivity index is 1.56. The van der Waals surface area contributed by atoms with Crippen LogP contribution in [-0.4, -0.2) is 34.8 Å². The molecule has 2 aliphatic rings. The maximum Gasteiger partial charge on any atom is 0.264 e. The number of hydrogen-bond donors (Lipinski definition) is 0. The van der Waals surface area contributed by atoms with E-state index in [1.807, 2.05) is 11.4 Å². The van der Waals surface area contributed by atoms with E-state index >= 15 is 0 Å². The average Bonchev–Trinajstić information content (AvgIpc) is 3.27. The molecule has 0 radical (unpaired) electrons. The van der Waals surface area contributed by atoms with Crippen molar-refractivity contribution in [1.29, 1.82) is 5.26 Å². The molecule has 5 rings (SSSR count). The van der Waals surface area contributed by atoms with Crippen molar-refractivity contribution in [3.05, 3.63) is 52.7 Å². The van der Waals surface area contributed by atoms with Crippen molar-refractivity contribution in [3.63, 3.8) is 0 Å². The van der Waals surface area contributed by atoms with Crippen molar-refractivity contribution in [2.24, 2.45) is 0 Å². The molecule has 9 heteroatoms. The first-order chi connectivity index (χ1) is 14.6. The lowest BCUT2D eigenvalue weighted by Gasteiger charge is -2.31. The second-order valence-electron chi connectivity index (χ2n) is 6.73. The van der Waals surface area contributed by atoms with E-state index in [2.05, 4.69) is 6.07 Å². The van der Waals surface area contributed by atoms with Gasteiger partial charge in [-0.15, -0.1) is 11.3 Å². The third-order valence-corrected chi connectivity index (χ3v) is 7.57. The Morgan fingerprint density at radius 3 is 2.47 bits per heavy atom. The van der Waals surface area contributed by atoms with Gasteiger partial charge in [-0.25, -0.2) is 8.42 Å². The molecule has 0 atom stereocenters. The van der Waals surface area contributed by atoms with Gasteiger partial charge in [-0.2, -0.15) is 5.26 Å². The molecular weight excluding hydrogens is 424 g/mol. The molecule has 7 nitrogen and oxygen atoms in total. The highest BCUT2D eigenvalue weighted by Gasteiger charge is 2.31. The zero-order valence-electron chi connectivity index (χ0n) is 15.7. The minimum atomic E-state index is -3.84. The molecule has 1 aromatic heterocycles. The normalized spacial score (nSPS) is 15.1. The summed E-state index contributed by atoms with van der Waals surface area (Å²) in [6.45, 7) is 1.27. The molecule has 0 N–H and O–H groups in total. The summed E-state index contributed by atoms with van der Waals surface area (Å²) in [6.07, 6.45) is 0. The van der Waals surface area contributed by atoms with Crippen LogP contribution in [0.15, 0.2) is 52.7 Å². The van der Waals surface area contributed by atoms with Gasteiger partial charge in [0.05, 0.1) is 17.1 Å². The van der Waals surface area contributed by atoms with Crippen LogP contribution in [0, 0.1) is 11.3 Å². The van der Waals surface area contributed by atoms with Gasteiger partial charge in [0.25, 0.3) is 10.0 Å². The minimum Gasteiger partial charge on any atom is -0.489 e. The molecular formula is C21H16N2O5S2. The lowest BCUT2D eigenvalue weighted by molar-refractivity contribution is 0.171. The van der Waals surface area contributed by atoms with Crippen LogP contribution in [0.4, 0.5) is 5.69 Å². The Morgan fingerprint density at radius 1 is 0.900 bits per heavy atom. The van der Waals surface area contributed by atoms with Crippen LogP contribution in [0.25, 0.3) is 11.1 Å². The lowest BCUT2D eigenvalue weighted by atomic mass is 10.1. The fraction of sp³-hybridized carbons (Fsp3) is 0.190. The number of fused-ring (bicyclic) bond motifs is 2. The monoisotopic (exact) mass is 440 g/mol. The number of ether oxygens (including phenoxy) is 3. The Labute approximate surface area is 177 Å². The van der Waals surface area contributed by atoms with Gasteiger partial charge in [-0.1, -0.05) is 6.07 Å². The lowest BCUT2D eigenvalue weighted by Crippen LogP contribution is -2.38. The van der Waals surface area contributed by atoms with Crippen LogP contribution in [0.2, 0.25) is 0 Å². The fourth-order valence-electron chi connectivity index (χ4n) is 3.48. The van der Waals surface area contributed by atoms with Crippen LogP contribution >= 0.6 is 11.3 Å². The van der Waals surface area contributed by atoms with Crippen LogP contribution in [-0.2, 0) is 10.0 Å². The van der Waals surface area contributed by atoms with Crippen molar-refractivity contribution in [1.82, 2.24) is 0 Å². The molecule has 0 spiro atoms.